The van der Waals surface area contributed by atoms with Crippen molar-refractivity contribution in [1.82, 2.24) is 14.9 Å². The first-order chi connectivity index (χ1) is 12.0. The Morgan fingerprint density at radius 3 is 2.80 bits per heavy atom. The second kappa shape index (κ2) is 6.32. The van der Waals surface area contributed by atoms with Gasteiger partial charge in [-0.25, -0.2) is 0 Å². The van der Waals surface area contributed by atoms with Gasteiger partial charge in [0.25, 0.3) is 5.91 Å². The Labute approximate surface area is 149 Å². The first-order valence-corrected chi connectivity index (χ1v) is 9.44. The summed E-state index contributed by atoms with van der Waals surface area (Å²) in [4.78, 5) is 17.1. The van der Waals surface area contributed by atoms with Crippen molar-refractivity contribution in [2.45, 2.75) is 52.5 Å². The van der Waals surface area contributed by atoms with Crippen molar-refractivity contribution in [3.05, 3.63) is 47.5 Å². The van der Waals surface area contributed by atoms with Crippen LogP contribution in [0.3, 0.4) is 0 Å². The topological polar surface area (TPSA) is 46.9 Å². The molecule has 0 spiro atoms. The molecule has 0 saturated heterocycles. The number of hydrogen-bond donors (Lipinski definition) is 1. The van der Waals surface area contributed by atoms with Gasteiger partial charge in [0, 0.05) is 23.6 Å². The zero-order valence-electron chi connectivity index (χ0n) is 15.3. The summed E-state index contributed by atoms with van der Waals surface area (Å²) in [6, 6.07) is 6.19. The summed E-state index contributed by atoms with van der Waals surface area (Å²) in [5, 5.41) is 3.29. The Balaban J connectivity index is 1.53. The van der Waals surface area contributed by atoms with Crippen LogP contribution in [0.4, 0.5) is 0 Å². The summed E-state index contributed by atoms with van der Waals surface area (Å²) < 4.78 is 2.10. The minimum Gasteiger partial charge on any atom is -0.349 e. The van der Waals surface area contributed by atoms with Gasteiger partial charge < -0.3 is 9.88 Å². The van der Waals surface area contributed by atoms with Crippen LogP contribution in [0.2, 0.25) is 0 Å². The Hall–Kier alpha value is -2.10. The molecule has 2 aromatic rings. The number of pyridine rings is 1. The molecule has 0 aromatic carbocycles. The summed E-state index contributed by atoms with van der Waals surface area (Å²) in [7, 11) is 0. The van der Waals surface area contributed by atoms with Crippen molar-refractivity contribution in [1.29, 1.82) is 0 Å². The molecule has 2 heterocycles. The van der Waals surface area contributed by atoms with Crippen molar-refractivity contribution in [3.8, 4) is 5.69 Å². The van der Waals surface area contributed by atoms with Crippen LogP contribution in [0.5, 0.6) is 0 Å². The lowest BCUT2D eigenvalue weighted by Crippen LogP contribution is -2.40. The van der Waals surface area contributed by atoms with Gasteiger partial charge in [-0.3, -0.25) is 9.78 Å². The maximum Gasteiger partial charge on any atom is 0.253 e. The summed E-state index contributed by atoms with van der Waals surface area (Å²) in [5.74, 6) is 2.44. The largest absolute Gasteiger partial charge is 0.349 e. The highest BCUT2D eigenvalue weighted by molar-refractivity contribution is 5.96. The molecule has 2 bridgehead atoms. The average Bonchev–Trinajstić information content (AvgIpc) is 3.30. The van der Waals surface area contributed by atoms with E-state index in [9.17, 15) is 4.79 Å². The van der Waals surface area contributed by atoms with Gasteiger partial charge in [-0.2, -0.15) is 0 Å². The second-order valence-corrected chi connectivity index (χ2v) is 7.93. The lowest BCUT2D eigenvalue weighted by molar-refractivity contribution is 0.0914. The summed E-state index contributed by atoms with van der Waals surface area (Å²) >= 11 is 0. The molecule has 4 nitrogen and oxygen atoms in total. The number of aryl methyl sites for hydroxylation is 1. The molecule has 25 heavy (non-hydrogen) atoms. The van der Waals surface area contributed by atoms with E-state index in [1.807, 2.05) is 38.2 Å². The zero-order chi connectivity index (χ0) is 17.6. The molecule has 132 valence electrons. The predicted octanol–water partition coefficient (Wildman–Crippen LogP) is 4.04. The number of rotatable bonds is 4. The van der Waals surface area contributed by atoms with E-state index in [1.54, 1.807) is 6.20 Å². The number of nitrogens with one attached hydrogen (secondary N) is 1. The highest BCUT2D eigenvalue weighted by Gasteiger charge is 2.42. The minimum atomic E-state index is 0.0542. The van der Waals surface area contributed by atoms with Crippen molar-refractivity contribution in [2.24, 2.45) is 17.8 Å². The van der Waals surface area contributed by atoms with E-state index in [2.05, 4.69) is 21.8 Å². The van der Waals surface area contributed by atoms with E-state index in [1.165, 1.54) is 25.7 Å². The molecule has 4 rings (SSSR count). The third-order valence-electron chi connectivity index (χ3n) is 6.37. The van der Waals surface area contributed by atoms with E-state index in [4.69, 9.17) is 0 Å². The lowest BCUT2D eigenvalue weighted by Gasteiger charge is -2.28. The molecular formula is C21H27N3O. The number of carbonyl (C=O) groups excluding carboxylic acids is 1. The Morgan fingerprint density at radius 1 is 1.32 bits per heavy atom. The standard InChI is InChI=1S/C21H27N3O/c1-13-9-20(15(3)24(13)18-5-4-8-22-12-18)21(25)23-14(2)19-11-16-6-7-17(19)10-16/h4-5,8-9,12,14,16-17,19H,6-7,10-11H2,1-3H3,(H,23,25). The number of fused-ring (bicyclic) bond motifs is 2. The first-order valence-electron chi connectivity index (χ1n) is 9.44. The monoisotopic (exact) mass is 337 g/mol. The van der Waals surface area contributed by atoms with Gasteiger partial charge >= 0.3 is 0 Å². The fourth-order valence-corrected chi connectivity index (χ4v) is 5.17. The molecule has 0 radical (unpaired) electrons. The SMILES string of the molecule is Cc1cc(C(=O)NC(C)C2CC3CCC2C3)c(C)n1-c1cccnc1. The molecular weight excluding hydrogens is 310 g/mol. The smallest absolute Gasteiger partial charge is 0.253 e. The number of hydrogen-bond acceptors (Lipinski definition) is 2. The van der Waals surface area contributed by atoms with Crippen LogP contribution in [-0.2, 0) is 0 Å². The van der Waals surface area contributed by atoms with Crippen LogP contribution in [0.25, 0.3) is 5.69 Å². The summed E-state index contributed by atoms with van der Waals surface area (Å²) in [6.45, 7) is 6.23. The van der Waals surface area contributed by atoms with Crippen LogP contribution >= 0.6 is 0 Å². The number of aromatic nitrogens is 2. The van der Waals surface area contributed by atoms with Crippen LogP contribution in [0.1, 0.15) is 54.4 Å². The molecule has 2 saturated carbocycles. The van der Waals surface area contributed by atoms with Crippen molar-refractivity contribution in [2.75, 3.05) is 0 Å². The third-order valence-corrected chi connectivity index (χ3v) is 6.37. The number of amides is 1. The van der Waals surface area contributed by atoms with Crippen molar-refractivity contribution < 1.29 is 4.79 Å². The van der Waals surface area contributed by atoms with Crippen LogP contribution in [0, 0.1) is 31.6 Å². The Kier molecular flexibility index (Phi) is 4.14. The van der Waals surface area contributed by atoms with Gasteiger partial charge in [-0.05, 0) is 76.0 Å². The van der Waals surface area contributed by atoms with Gasteiger partial charge in [0.1, 0.15) is 0 Å². The zero-order valence-corrected chi connectivity index (χ0v) is 15.3. The Bertz CT molecular complexity index is 780. The van der Waals surface area contributed by atoms with E-state index < -0.39 is 0 Å². The Morgan fingerprint density at radius 2 is 2.16 bits per heavy atom. The van der Waals surface area contributed by atoms with Crippen molar-refractivity contribution >= 4 is 5.91 Å². The lowest BCUT2D eigenvalue weighted by atomic mass is 9.84. The molecule has 1 amide bonds. The number of nitrogens with zero attached hydrogens (tertiary/aromatic N) is 2. The highest BCUT2D eigenvalue weighted by Crippen LogP contribution is 2.49. The summed E-state index contributed by atoms with van der Waals surface area (Å²) in [6.07, 6.45) is 9.02. The minimum absolute atomic E-state index is 0.0542. The van der Waals surface area contributed by atoms with Crippen molar-refractivity contribution in [3.63, 3.8) is 0 Å². The molecule has 4 heteroatoms. The van der Waals surface area contributed by atoms with E-state index in [0.717, 1.165) is 34.5 Å². The predicted molar refractivity (Wildman–Crippen MR) is 98.9 cm³/mol. The van der Waals surface area contributed by atoms with Gasteiger partial charge in [-0.15, -0.1) is 0 Å². The fraction of sp³-hybridized carbons (Fsp3) is 0.524. The van der Waals surface area contributed by atoms with Crippen LogP contribution in [0.15, 0.2) is 30.6 Å². The molecule has 2 fully saturated rings. The molecule has 0 aliphatic heterocycles. The number of carbonyl (C=O) groups is 1. The van der Waals surface area contributed by atoms with E-state index in [-0.39, 0.29) is 11.9 Å². The molecule has 4 unspecified atom stereocenters. The molecule has 4 atom stereocenters. The molecule has 2 aliphatic rings. The van der Waals surface area contributed by atoms with E-state index in [0.29, 0.717) is 5.92 Å². The normalized spacial score (nSPS) is 26.0. The maximum absolute atomic E-state index is 12.9. The summed E-state index contributed by atoms with van der Waals surface area (Å²) in [5.41, 5.74) is 3.81. The maximum atomic E-state index is 12.9. The fourth-order valence-electron chi connectivity index (χ4n) is 5.17. The highest BCUT2D eigenvalue weighted by atomic mass is 16.1. The molecule has 1 N–H and O–H groups in total. The van der Waals surface area contributed by atoms with Gasteiger partial charge in [0.05, 0.1) is 17.4 Å². The molecule has 2 aliphatic carbocycles. The molecule has 2 aromatic heterocycles. The quantitative estimate of drug-likeness (QED) is 0.915. The van der Waals surface area contributed by atoms with E-state index >= 15 is 0 Å². The van der Waals surface area contributed by atoms with Gasteiger partial charge in [-0.1, -0.05) is 6.42 Å². The second-order valence-electron chi connectivity index (χ2n) is 7.93. The van der Waals surface area contributed by atoms with Crippen LogP contribution < -0.4 is 5.32 Å². The third kappa shape index (κ3) is 2.88. The average molecular weight is 337 g/mol. The van der Waals surface area contributed by atoms with Crippen LogP contribution in [-0.4, -0.2) is 21.5 Å². The van der Waals surface area contributed by atoms with Gasteiger partial charge in [0.15, 0.2) is 0 Å². The van der Waals surface area contributed by atoms with Gasteiger partial charge in [0.2, 0.25) is 0 Å². The first kappa shape index (κ1) is 16.4.